The Balaban J connectivity index is 1.79. The van der Waals surface area contributed by atoms with E-state index in [4.69, 9.17) is 11.6 Å². The number of benzene rings is 1. The molecule has 2 heterocycles. The third kappa shape index (κ3) is 5.21. The lowest BCUT2D eigenvalue weighted by atomic mass is 10.2. The molecule has 3 rings (SSSR count). The molecule has 0 spiro atoms. The second-order valence-corrected chi connectivity index (χ2v) is 7.22. The van der Waals surface area contributed by atoms with Crippen molar-refractivity contribution in [2.75, 3.05) is 10.6 Å². The molecule has 0 saturated carbocycles. The highest BCUT2D eigenvalue weighted by molar-refractivity contribution is 6.33. The minimum absolute atomic E-state index is 0.100. The molecule has 2 aromatic heterocycles. The molecular formula is C20H17ClF3N5O2. The maximum absolute atomic E-state index is 12.7. The highest BCUT2D eigenvalue weighted by Crippen LogP contribution is 2.29. The van der Waals surface area contributed by atoms with Crippen LogP contribution in [0.4, 0.5) is 30.2 Å². The lowest BCUT2D eigenvalue weighted by Crippen LogP contribution is -2.23. The topological polar surface area (TPSA) is 88.9 Å². The maximum atomic E-state index is 12.7. The van der Waals surface area contributed by atoms with Crippen molar-refractivity contribution in [2.24, 2.45) is 5.92 Å². The lowest BCUT2D eigenvalue weighted by Gasteiger charge is -2.12. The van der Waals surface area contributed by atoms with E-state index in [1.807, 2.05) is 0 Å². The van der Waals surface area contributed by atoms with Gasteiger partial charge in [0.25, 0.3) is 5.56 Å². The first-order chi connectivity index (χ1) is 14.6. The van der Waals surface area contributed by atoms with Crippen molar-refractivity contribution in [3.63, 3.8) is 0 Å². The van der Waals surface area contributed by atoms with Gasteiger partial charge in [0, 0.05) is 23.5 Å². The number of hydrogen-bond acceptors (Lipinski definition) is 5. The van der Waals surface area contributed by atoms with Gasteiger partial charge < -0.3 is 10.6 Å². The number of nitrogens with zero attached hydrogens (tertiary/aromatic N) is 3. The van der Waals surface area contributed by atoms with E-state index in [2.05, 4.69) is 20.7 Å². The van der Waals surface area contributed by atoms with Gasteiger partial charge in [-0.2, -0.15) is 23.0 Å². The van der Waals surface area contributed by atoms with E-state index in [-0.39, 0.29) is 28.4 Å². The van der Waals surface area contributed by atoms with Gasteiger partial charge in [0.2, 0.25) is 5.91 Å². The van der Waals surface area contributed by atoms with Crippen molar-refractivity contribution in [1.29, 1.82) is 0 Å². The second kappa shape index (κ2) is 8.76. The standard InChI is InChI=1S/C20H17ClF3N5O2/c1-11(2)18(30)28-14-6-4-13(5-7-14)27-15-10-26-29(19(31)17(15)21)16-8-3-12(9-25-16)20(22,23)24/h3-11,27H,1-2H3,(H,28,30). The van der Waals surface area contributed by atoms with Crippen molar-refractivity contribution in [3.8, 4) is 5.82 Å². The highest BCUT2D eigenvalue weighted by atomic mass is 35.5. The van der Waals surface area contributed by atoms with Crippen LogP contribution in [0.2, 0.25) is 5.02 Å². The molecule has 162 valence electrons. The first kappa shape index (κ1) is 22.3. The fourth-order valence-corrected chi connectivity index (χ4v) is 2.62. The van der Waals surface area contributed by atoms with Crippen molar-refractivity contribution in [1.82, 2.24) is 14.8 Å². The average Bonchev–Trinajstić information content (AvgIpc) is 2.72. The Labute approximate surface area is 179 Å². The minimum atomic E-state index is -4.54. The maximum Gasteiger partial charge on any atom is 0.417 e. The third-order valence-electron chi connectivity index (χ3n) is 4.17. The molecule has 1 amide bonds. The summed E-state index contributed by atoms with van der Waals surface area (Å²) in [6, 6.07) is 8.54. The van der Waals surface area contributed by atoms with E-state index in [1.54, 1.807) is 38.1 Å². The highest BCUT2D eigenvalue weighted by Gasteiger charge is 2.30. The molecule has 0 unspecified atom stereocenters. The van der Waals surface area contributed by atoms with Gasteiger partial charge in [-0.3, -0.25) is 9.59 Å². The predicted molar refractivity (Wildman–Crippen MR) is 111 cm³/mol. The fourth-order valence-electron chi connectivity index (χ4n) is 2.44. The van der Waals surface area contributed by atoms with Crippen molar-refractivity contribution < 1.29 is 18.0 Å². The molecule has 0 radical (unpaired) electrons. The summed E-state index contributed by atoms with van der Waals surface area (Å²) < 4.78 is 38.8. The van der Waals surface area contributed by atoms with Crippen molar-refractivity contribution in [2.45, 2.75) is 20.0 Å². The van der Waals surface area contributed by atoms with Crippen LogP contribution in [0.15, 0.2) is 53.6 Å². The minimum Gasteiger partial charge on any atom is -0.353 e. The van der Waals surface area contributed by atoms with Crippen LogP contribution in [0, 0.1) is 5.92 Å². The van der Waals surface area contributed by atoms with Gasteiger partial charge in [0.05, 0.1) is 17.4 Å². The summed E-state index contributed by atoms with van der Waals surface area (Å²) >= 11 is 6.14. The zero-order valence-electron chi connectivity index (χ0n) is 16.4. The van der Waals surface area contributed by atoms with E-state index in [0.29, 0.717) is 17.6 Å². The largest absolute Gasteiger partial charge is 0.417 e. The van der Waals surface area contributed by atoms with E-state index >= 15 is 0 Å². The van der Waals surface area contributed by atoms with Crippen LogP contribution in [-0.2, 0) is 11.0 Å². The van der Waals surface area contributed by atoms with Crippen molar-refractivity contribution >= 4 is 34.6 Å². The Morgan fingerprint density at radius 1 is 1.06 bits per heavy atom. The Morgan fingerprint density at radius 2 is 1.71 bits per heavy atom. The van der Waals surface area contributed by atoms with Crippen LogP contribution in [0.1, 0.15) is 19.4 Å². The number of carbonyl (C=O) groups excluding carboxylic acids is 1. The molecule has 0 saturated heterocycles. The second-order valence-electron chi connectivity index (χ2n) is 6.84. The lowest BCUT2D eigenvalue weighted by molar-refractivity contribution is -0.137. The molecule has 0 aliphatic carbocycles. The number of amides is 1. The number of hydrogen-bond donors (Lipinski definition) is 2. The summed E-state index contributed by atoms with van der Waals surface area (Å²) in [6.07, 6.45) is -2.66. The summed E-state index contributed by atoms with van der Waals surface area (Å²) in [4.78, 5) is 27.9. The molecule has 0 aliphatic heterocycles. The van der Waals surface area contributed by atoms with Gasteiger partial charge in [-0.25, -0.2) is 4.98 Å². The molecule has 1 aromatic carbocycles. The van der Waals surface area contributed by atoms with Gasteiger partial charge in [-0.05, 0) is 36.4 Å². The van der Waals surface area contributed by atoms with Crippen LogP contribution in [0.3, 0.4) is 0 Å². The molecule has 0 bridgehead atoms. The normalized spacial score (nSPS) is 11.5. The third-order valence-corrected chi connectivity index (χ3v) is 4.53. The molecule has 0 fully saturated rings. The quantitative estimate of drug-likeness (QED) is 0.590. The number of anilines is 3. The summed E-state index contributed by atoms with van der Waals surface area (Å²) in [5.74, 6) is -0.376. The predicted octanol–water partition coefficient (Wildman–Crippen LogP) is 4.64. The number of aromatic nitrogens is 3. The number of halogens is 4. The Bertz CT molecular complexity index is 1140. The van der Waals surface area contributed by atoms with Crippen LogP contribution < -0.4 is 16.2 Å². The van der Waals surface area contributed by atoms with Crippen LogP contribution >= 0.6 is 11.6 Å². The zero-order valence-corrected chi connectivity index (χ0v) is 17.1. The van der Waals surface area contributed by atoms with E-state index in [0.717, 1.165) is 16.8 Å². The Morgan fingerprint density at radius 3 is 2.26 bits per heavy atom. The monoisotopic (exact) mass is 451 g/mol. The van der Waals surface area contributed by atoms with Crippen LogP contribution in [0.5, 0.6) is 0 Å². The van der Waals surface area contributed by atoms with E-state index in [1.165, 1.54) is 6.20 Å². The number of carbonyl (C=O) groups is 1. The average molecular weight is 452 g/mol. The summed E-state index contributed by atoms with van der Waals surface area (Å²) in [5, 5.41) is 9.41. The zero-order chi connectivity index (χ0) is 22.8. The van der Waals surface area contributed by atoms with Crippen LogP contribution in [0.25, 0.3) is 5.82 Å². The van der Waals surface area contributed by atoms with Gasteiger partial charge in [-0.15, -0.1) is 0 Å². The van der Waals surface area contributed by atoms with Gasteiger partial charge in [-0.1, -0.05) is 25.4 Å². The van der Waals surface area contributed by atoms with E-state index < -0.39 is 17.3 Å². The van der Waals surface area contributed by atoms with Crippen molar-refractivity contribution in [3.05, 3.63) is 69.7 Å². The fraction of sp³-hybridized carbons (Fsp3) is 0.200. The molecule has 2 N–H and O–H groups in total. The molecule has 0 aliphatic rings. The summed E-state index contributed by atoms with van der Waals surface area (Å²) in [7, 11) is 0. The van der Waals surface area contributed by atoms with Gasteiger partial charge in [0.1, 0.15) is 5.02 Å². The molecular weight excluding hydrogens is 435 g/mol. The SMILES string of the molecule is CC(C)C(=O)Nc1ccc(Nc2cnn(-c3ccc(C(F)(F)F)cn3)c(=O)c2Cl)cc1. The number of pyridine rings is 1. The first-order valence-corrected chi connectivity index (χ1v) is 9.43. The Hall–Kier alpha value is -3.40. The molecule has 7 nitrogen and oxygen atoms in total. The van der Waals surface area contributed by atoms with Gasteiger partial charge in [0.15, 0.2) is 5.82 Å². The smallest absolute Gasteiger partial charge is 0.353 e. The number of nitrogens with one attached hydrogen (secondary N) is 2. The summed E-state index contributed by atoms with van der Waals surface area (Å²) in [6.45, 7) is 3.56. The van der Waals surface area contributed by atoms with Crippen LogP contribution in [-0.4, -0.2) is 20.7 Å². The number of alkyl halides is 3. The van der Waals surface area contributed by atoms with Gasteiger partial charge >= 0.3 is 6.18 Å². The molecule has 0 atom stereocenters. The Kier molecular flexibility index (Phi) is 6.30. The first-order valence-electron chi connectivity index (χ1n) is 9.05. The number of rotatable bonds is 5. The molecule has 31 heavy (non-hydrogen) atoms. The molecule has 11 heteroatoms. The molecule has 3 aromatic rings. The summed E-state index contributed by atoms with van der Waals surface area (Å²) in [5.41, 5.74) is -0.302. The van der Waals surface area contributed by atoms with E-state index in [9.17, 15) is 22.8 Å².